The van der Waals surface area contributed by atoms with Crippen molar-refractivity contribution in [1.82, 2.24) is 4.90 Å². The molecule has 0 aromatic carbocycles. The molecule has 0 bridgehead atoms. The summed E-state index contributed by atoms with van der Waals surface area (Å²) in [5.74, 6) is -0.0422. The standard InChI is InChI=1S/C10H16BrNO2/c1-10(2)6-8(13)12(5-3-4-11)9(14)7-10/h3-7H2,1-2H3. The Balaban J connectivity index is 2.62. The van der Waals surface area contributed by atoms with Crippen molar-refractivity contribution in [1.29, 1.82) is 0 Å². The predicted molar refractivity (Wildman–Crippen MR) is 58.1 cm³/mol. The number of hydrogen-bond acceptors (Lipinski definition) is 2. The van der Waals surface area contributed by atoms with Crippen LogP contribution < -0.4 is 0 Å². The van der Waals surface area contributed by atoms with Crippen molar-refractivity contribution in [2.45, 2.75) is 33.1 Å². The van der Waals surface area contributed by atoms with Gasteiger partial charge in [-0.3, -0.25) is 14.5 Å². The lowest BCUT2D eigenvalue weighted by Gasteiger charge is -2.34. The molecule has 1 heterocycles. The average Bonchev–Trinajstić information content (AvgIpc) is 2.00. The molecule has 0 aliphatic carbocycles. The Morgan fingerprint density at radius 2 is 1.79 bits per heavy atom. The van der Waals surface area contributed by atoms with E-state index in [9.17, 15) is 9.59 Å². The van der Waals surface area contributed by atoms with E-state index in [1.807, 2.05) is 13.8 Å². The van der Waals surface area contributed by atoms with Crippen molar-refractivity contribution in [3.8, 4) is 0 Å². The molecule has 0 aromatic rings. The zero-order valence-electron chi connectivity index (χ0n) is 8.68. The second-order valence-electron chi connectivity index (χ2n) is 4.50. The molecule has 0 saturated carbocycles. The number of carbonyl (C=O) groups excluding carboxylic acids is 2. The Kier molecular flexibility index (Phi) is 3.70. The average molecular weight is 262 g/mol. The Hall–Kier alpha value is -0.380. The molecule has 14 heavy (non-hydrogen) atoms. The number of amides is 2. The third-order valence-electron chi connectivity index (χ3n) is 2.38. The van der Waals surface area contributed by atoms with Gasteiger partial charge in [-0.05, 0) is 11.8 Å². The number of nitrogens with zero attached hydrogens (tertiary/aromatic N) is 1. The highest BCUT2D eigenvalue weighted by molar-refractivity contribution is 9.09. The maximum Gasteiger partial charge on any atom is 0.229 e. The summed E-state index contributed by atoms with van der Waals surface area (Å²) in [6.07, 6.45) is 1.81. The highest BCUT2D eigenvalue weighted by Gasteiger charge is 2.36. The maximum absolute atomic E-state index is 11.6. The van der Waals surface area contributed by atoms with Crippen LogP contribution in [0.1, 0.15) is 33.1 Å². The molecule has 0 aromatic heterocycles. The van der Waals surface area contributed by atoms with Crippen molar-refractivity contribution in [3.63, 3.8) is 0 Å². The number of imide groups is 1. The van der Waals surface area contributed by atoms with Crippen molar-refractivity contribution in [2.24, 2.45) is 5.41 Å². The molecule has 1 saturated heterocycles. The minimum atomic E-state index is -0.154. The smallest absolute Gasteiger partial charge is 0.229 e. The summed E-state index contributed by atoms with van der Waals surface area (Å²) >= 11 is 3.29. The van der Waals surface area contributed by atoms with Gasteiger partial charge < -0.3 is 0 Å². The van der Waals surface area contributed by atoms with Crippen LogP contribution in [-0.4, -0.2) is 28.6 Å². The quantitative estimate of drug-likeness (QED) is 0.575. The van der Waals surface area contributed by atoms with Gasteiger partial charge in [-0.1, -0.05) is 29.8 Å². The summed E-state index contributed by atoms with van der Waals surface area (Å²) in [5, 5.41) is 0.827. The fourth-order valence-corrected chi connectivity index (χ4v) is 1.93. The van der Waals surface area contributed by atoms with Crippen LogP contribution in [0, 0.1) is 5.41 Å². The van der Waals surface area contributed by atoms with Crippen LogP contribution >= 0.6 is 15.9 Å². The molecule has 0 atom stereocenters. The van der Waals surface area contributed by atoms with Gasteiger partial charge in [0.15, 0.2) is 0 Å². The van der Waals surface area contributed by atoms with E-state index in [1.54, 1.807) is 0 Å². The number of likely N-dealkylation sites (tertiary alicyclic amines) is 1. The van der Waals surface area contributed by atoms with Gasteiger partial charge in [-0.25, -0.2) is 0 Å². The Morgan fingerprint density at radius 1 is 1.29 bits per heavy atom. The highest BCUT2D eigenvalue weighted by atomic mass is 79.9. The lowest BCUT2D eigenvalue weighted by Crippen LogP contribution is -2.46. The Labute approximate surface area is 93.0 Å². The number of rotatable bonds is 3. The summed E-state index contributed by atoms with van der Waals surface area (Å²) in [4.78, 5) is 24.6. The van der Waals surface area contributed by atoms with Crippen LogP contribution in [0.2, 0.25) is 0 Å². The molecule has 0 N–H and O–H groups in total. The van der Waals surface area contributed by atoms with Crippen molar-refractivity contribution in [3.05, 3.63) is 0 Å². The van der Waals surface area contributed by atoms with E-state index < -0.39 is 0 Å². The SMILES string of the molecule is CC1(C)CC(=O)N(CCCBr)C(=O)C1. The number of alkyl halides is 1. The second-order valence-corrected chi connectivity index (χ2v) is 5.29. The predicted octanol–water partition coefficient (Wildman–Crippen LogP) is 1.95. The monoisotopic (exact) mass is 261 g/mol. The van der Waals surface area contributed by atoms with Crippen LogP contribution in [0.5, 0.6) is 0 Å². The van der Waals surface area contributed by atoms with Crippen LogP contribution in [0.15, 0.2) is 0 Å². The zero-order chi connectivity index (χ0) is 10.8. The summed E-state index contributed by atoms with van der Waals surface area (Å²) in [6, 6.07) is 0. The number of hydrogen-bond donors (Lipinski definition) is 0. The first kappa shape index (κ1) is 11.7. The topological polar surface area (TPSA) is 37.4 Å². The molecule has 0 unspecified atom stereocenters. The molecule has 1 fully saturated rings. The van der Waals surface area contributed by atoms with E-state index in [-0.39, 0.29) is 17.2 Å². The largest absolute Gasteiger partial charge is 0.283 e. The minimum absolute atomic E-state index is 0.0211. The first-order valence-electron chi connectivity index (χ1n) is 4.85. The molecular weight excluding hydrogens is 246 g/mol. The Bertz CT molecular complexity index is 231. The fraction of sp³-hybridized carbons (Fsp3) is 0.800. The van der Waals surface area contributed by atoms with Gasteiger partial charge >= 0.3 is 0 Å². The van der Waals surface area contributed by atoms with Crippen LogP contribution in [0.25, 0.3) is 0 Å². The zero-order valence-corrected chi connectivity index (χ0v) is 10.3. The van der Waals surface area contributed by atoms with Crippen LogP contribution in [-0.2, 0) is 9.59 Å². The molecule has 1 aliphatic heterocycles. The highest BCUT2D eigenvalue weighted by Crippen LogP contribution is 2.31. The molecule has 4 heteroatoms. The van der Waals surface area contributed by atoms with E-state index in [4.69, 9.17) is 0 Å². The van der Waals surface area contributed by atoms with Gasteiger partial charge in [0.2, 0.25) is 11.8 Å². The van der Waals surface area contributed by atoms with Gasteiger partial charge in [-0.15, -0.1) is 0 Å². The summed E-state index contributed by atoms with van der Waals surface area (Å²) in [5.41, 5.74) is -0.154. The molecular formula is C10H16BrNO2. The molecule has 1 rings (SSSR count). The van der Waals surface area contributed by atoms with Crippen molar-refractivity contribution in [2.75, 3.05) is 11.9 Å². The third kappa shape index (κ3) is 2.80. The van der Waals surface area contributed by atoms with Gasteiger partial charge in [0.25, 0.3) is 0 Å². The Morgan fingerprint density at radius 3 is 2.21 bits per heavy atom. The van der Waals surface area contributed by atoms with E-state index in [1.165, 1.54) is 4.90 Å². The summed E-state index contributed by atoms with van der Waals surface area (Å²) in [6.45, 7) is 4.48. The number of piperidine rings is 1. The lowest BCUT2D eigenvalue weighted by molar-refractivity contribution is -0.152. The molecule has 0 spiro atoms. The third-order valence-corrected chi connectivity index (χ3v) is 2.94. The fourth-order valence-electron chi connectivity index (χ4n) is 1.68. The first-order chi connectivity index (χ1) is 6.46. The van der Waals surface area contributed by atoms with Gasteiger partial charge in [0.1, 0.15) is 0 Å². The van der Waals surface area contributed by atoms with Gasteiger partial charge in [-0.2, -0.15) is 0 Å². The maximum atomic E-state index is 11.6. The normalized spacial score (nSPS) is 21.5. The van der Waals surface area contributed by atoms with Crippen LogP contribution in [0.3, 0.4) is 0 Å². The molecule has 1 aliphatic rings. The minimum Gasteiger partial charge on any atom is -0.283 e. The van der Waals surface area contributed by atoms with E-state index >= 15 is 0 Å². The van der Waals surface area contributed by atoms with E-state index in [0.29, 0.717) is 19.4 Å². The van der Waals surface area contributed by atoms with Crippen LogP contribution in [0.4, 0.5) is 0 Å². The van der Waals surface area contributed by atoms with E-state index in [2.05, 4.69) is 15.9 Å². The summed E-state index contributed by atoms with van der Waals surface area (Å²) in [7, 11) is 0. The summed E-state index contributed by atoms with van der Waals surface area (Å²) < 4.78 is 0. The first-order valence-corrected chi connectivity index (χ1v) is 5.97. The van der Waals surface area contributed by atoms with Crippen molar-refractivity contribution >= 4 is 27.7 Å². The van der Waals surface area contributed by atoms with E-state index in [0.717, 1.165) is 11.8 Å². The molecule has 0 radical (unpaired) electrons. The molecule has 80 valence electrons. The van der Waals surface area contributed by atoms with Crippen molar-refractivity contribution < 1.29 is 9.59 Å². The second kappa shape index (κ2) is 4.43. The lowest BCUT2D eigenvalue weighted by atomic mass is 9.82. The van der Waals surface area contributed by atoms with Gasteiger partial charge in [0, 0.05) is 24.7 Å². The van der Waals surface area contributed by atoms with Gasteiger partial charge in [0.05, 0.1) is 0 Å². The molecule has 3 nitrogen and oxygen atoms in total. The number of halogens is 1. The number of carbonyl (C=O) groups is 2. The molecule has 2 amide bonds.